The molecule has 0 radical (unpaired) electrons. The van der Waals surface area contributed by atoms with Gasteiger partial charge in [-0.1, -0.05) is 0 Å². The van der Waals surface area contributed by atoms with Crippen molar-refractivity contribution in [2.45, 2.75) is 44.4 Å². The number of benzene rings is 1. The number of sulfonamides is 1. The number of rotatable bonds is 5. The van der Waals surface area contributed by atoms with E-state index in [1.165, 1.54) is 10.4 Å². The number of aryl methyl sites for hydroxylation is 1. The van der Waals surface area contributed by atoms with Crippen LogP contribution < -0.4 is 10.1 Å². The largest absolute Gasteiger partial charge is 0.482 e. The fourth-order valence-electron chi connectivity index (χ4n) is 4.83. The minimum Gasteiger partial charge on any atom is -0.482 e. The third kappa shape index (κ3) is 4.90. The first-order valence-electron chi connectivity index (χ1n) is 11.7. The molecule has 1 aromatic carbocycles. The highest BCUT2D eigenvalue weighted by atomic mass is 32.2. The smallest absolute Gasteiger partial charge is 0.309 e. The molecule has 34 heavy (non-hydrogen) atoms. The zero-order valence-corrected chi connectivity index (χ0v) is 20.4. The predicted octanol–water partition coefficient (Wildman–Crippen LogP) is 1.53. The Bertz CT molecular complexity index is 1070. The van der Waals surface area contributed by atoms with Crippen LogP contribution in [0.1, 0.15) is 38.2 Å². The Morgan fingerprint density at radius 1 is 1.09 bits per heavy atom. The molecule has 0 aromatic heterocycles. The number of carbonyl (C=O) groups excluding carboxylic acids is 3. The minimum atomic E-state index is -3.77. The lowest BCUT2D eigenvalue weighted by molar-refractivity contribution is -0.152. The molecule has 0 saturated carbocycles. The highest BCUT2D eigenvalue weighted by molar-refractivity contribution is 7.89. The van der Waals surface area contributed by atoms with Gasteiger partial charge < -0.3 is 19.7 Å². The molecule has 0 aliphatic carbocycles. The molecular weight excluding hydrogens is 462 g/mol. The molecule has 0 bridgehead atoms. The van der Waals surface area contributed by atoms with Gasteiger partial charge in [0.25, 0.3) is 5.91 Å². The fraction of sp³-hybridized carbons (Fsp3) is 0.609. The number of carbonyl (C=O) groups is 3. The topological polar surface area (TPSA) is 122 Å². The van der Waals surface area contributed by atoms with E-state index < -0.39 is 10.0 Å². The molecule has 1 N–H and O–H groups in total. The first-order valence-corrected chi connectivity index (χ1v) is 13.2. The summed E-state index contributed by atoms with van der Waals surface area (Å²) in [5.41, 5.74) is 0.982. The molecule has 11 heteroatoms. The maximum Gasteiger partial charge on any atom is 0.309 e. The van der Waals surface area contributed by atoms with E-state index >= 15 is 0 Å². The first-order chi connectivity index (χ1) is 16.2. The Hall–Kier alpha value is -2.66. The number of piperidine rings is 2. The van der Waals surface area contributed by atoms with Gasteiger partial charge in [0.15, 0.2) is 6.61 Å². The number of hydrogen-bond acceptors (Lipinski definition) is 7. The Morgan fingerprint density at radius 2 is 1.74 bits per heavy atom. The lowest BCUT2D eigenvalue weighted by Gasteiger charge is -2.36. The van der Waals surface area contributed by atoms with Gasteiger partial charge in [0.05, 0.1) is 23.1 Å². The molecule has 186 valence electrons. The number of amides is 2. The van der Waals surface area contributed by atoms with Gasteiger partial charge in [0.1, 0.15) is 5.75 Å². The summed E-state index contributed by atoms with van der Waals surface area (Å²) in [5.74, 6) is -0.492. The summed E-state index contributed by atoms with van der Waals surface area (Å²) < 4.78 is 38.6. The first kappa shape index (κ1) is 24.5. The molecule has 2 amide bonds. The van der Waals surface area contributed by atoms with Gasteiger partial charge in [-0.25, -0.2) is 8.42 Å². The number of hydrogen-bond donors (Lipinski definition) is 1. The van der Waals surface area contributed by atoms with Crippen molar-refractivity contribution >= 4 is 33.5 Å². The predicted molar refractivity (Wildman–Crippen MR) is 123 cm³/mol. The van der Waals surface area contributed by atoms with E-state index in [0.717, 1.165) is 0 Å². The zero-order valence-electron chi connectivity index (χ0n) is 19.5. The fourth-order valence-corrected chi connectivity index (χ4v) is 6.52. The van der Waals surface area contributed by atoms with E-state index in [0.29, 0.717) is 62.4 Å². The maximum atomic E-state index is 13.3. The van der Waals surface area contributed by atoms with Gasteiger partial charge in [0, 0.05) is 38.2 Å². The molecule has 3 aliphatic rings. The van der Waals surface area contributed by atoms with E-state index in [2.05, 4.69) is 5.32 Å². The number of nitrogens with zero attached hydrogens (tertiary/aromatic N) is 2. The molecule has 4 rings (SSSR count). The second kappa shape index (κ2) is 9.91. The van der Waals surface area contributed by atoms with Gasteiger partial charge in [-0.3, -0.25) is 14.4 Å². The SMILES string of the molecule is CCOC(=O)C1CCN(C(=O)C2CCN(S(=O)(=O)c3cc4c(cc3C)NC(=O)CO4)CC2)CC1. The van der Waals surface area contributed by atoms with Crippen LogP contribution in [0.4, 0.5) is 5.69 Å². The Balaban J connectivity index is 1.36. The average molecular weight is 494 g/mol. The monoisotopic (exact) mass is 493 g/mol. The van der Waals surface area contributed by atoms with Crippen molar-refractivity contribution in [2.75, 3.05) is 44.7 Å². The number of anilines is 1. The van der Waals surface area contributed by atoms with Crippen LogP contribution in [0.2, 0.25) is 0 Å². The summed E-state index contributed by atoms with van der Waals surface area (Å²) in [7, 11) is -3.77. The van der Waals surface area contributed by atoms with Gasteiger partial charge in [0.2, 0.25) is 15.9 Å². The van der Waals surface area contributed by atoms with Gasteiger partial charge in [-0.2, -0.15) is 4.31 Å². The Morgan fingerprint density at radius 3 is 2.38 bits per heavy atom. The second-order valence-corrected chi connectivity index (χ2v) is 10.9. The third-order valence-corrected chi connectivity index (χ3v) is 8.80. The van der Waals surface area contributed by atoms with Crippen LogP contribution in [0.15, 0.2) is 17.0 Å². The number of esters is 1. The van der Waals surface area contributed by atoms with Crippen molar-refractivity contribution in [1.82, 2.24) is 9.21 Å². The second-order valence-electron chi connectivity index (χ2n) is 8.98. The van der Waals surface area contributed by atoms with Gasteiger partial charge in [-0.15, -0.1) is 0 Å². The summed E-state index contributed by atoms with van der Waals surface area (Å²) >= 11 is 0. The Kier molecular flexibility index (Phi) is 7.13. The van der Waals surface area contributed by atoms with Gasteiger partial charge >= 0.3 is 5.97 Å². The molecule has 0 unspecified atom stereocenters. The molecule has 3 heterocycles. The van der Waals surface area contributed by atoms with E-state index in [9.17, 15) is 22.8 Å². The van der Waals surface area contributed by atoms with Crippen molar-refractivity contribution in [2.24, 2.45) is 11.8 Å². The van der Waals surface area contributed by atoms with Crippen LogP contribution >= 0.6 is 0 Å². The van der Waals surface area contributed by atoms with Crippen molar-refractivity contribution < 1.29 is 32.3 Å². The van der Waals surface area contributed by atoms with Crippen LogP contribution in [0.5, 0.6) is 5.75 Å². The van der Waals surface area contributed by atoms with Crippen molar-refractivity contribution in [1.29, 1.82) is 0 Å². The summed E-state index contributed by atoms with van der Waals surface area (Å²) in [4.78, 5) is 38.4. The van der Waals surface area contributed by atoms with E-state index in [-0.39, 0.29) is 54.2 Å². The molecule has 0 spiro atoms. The van der Waals surface area contributed by atoms with Crippen LogP contribution in [-0.2, 0) is 29.1 Å². The average Bonchev–Trinajstić information content (AvgIpc) is 2.83. The van der Waals surface area contributed by atoms with Crippen LogP contribution in [0.25, 0.3) is 0 Å². The molecule has 1 aromatic rings. The molecule has 2 saturated heterocycles. The minimum absolute atomic E-state index is 0.0356. The summed E-state index contributed by atoms with van der Waals surface area (Å²) in [6.07, 6.45) is 2.09. The standard InChI is InChI=1S/C23H31N3O7S/c1-3-32-23(29)17-4-8-25(9-5-17)22(28)16-6-10-26(11-7-16)34(30,31)20-13-19-18(12-15(20)2)24-21(27)14-33-19/h12-13,16-17H,3-11,14H2,1-2H3,(H,24,27). The molecule has 3 aliphatic heterocycles. The lowest BCUT2D eigenvalue weighted by Crippen LogP contribution is -2.47. The Labute approximate surface area is 199 Å². The van der Waals surface area contributed by atoms with Crippen LogP contribution in [-0.4, -0.2) is 74.8 Å². The zero-order chi connectivity index (χ0) is 24.5. The highest BCUT2D eigenvalue weighted by Gasteiger charge is 2.37. The molecular formula is C23H31N3O7S. The number of likely N-dealkylation sites (tertiary alicyclic amines) is 1. The van der Waals surface area contributed by atoms with Gasteiger partial charge in [-0.05, 0) is 51.2 Å². The lowest BCUT2D eigenvalue weighted by atomic mass is 9.92. The van der Waals surface area contributed by atoms with Crippen LogP contribution in [0.3, 0.4) is 0 Å². The number of fused-ring (bicyclic) bond motifs is 1. The molecule has 2 fully saturated rings. The summed E-state index contributed by atoms with van der Waals surface area (Å²) in [6, 6.07) is 3.07. The summed E-state index contributed by atoms with van der Waals surface area (Å²) in [5, 5.41) is 2.68. The molecule has 10 nitrogen and oxygen atoms in total. The highest BCUT2D eigenvalue weighted by Crippen LogP contribution is 2.35. The quantitative estimate of drug-likeness (QED) is 0.617. The normalized spacial score (nSPS) is 20.3. The summed E-state index contributed by atoms with van der Waals surface area (Å²) in [6.45, 7) is 5.22. The maximum absolute atomic E-state index is 13.3. The van der Waals surface area contributed by atoms with E-state index in [1.54, 1.807) is 24.8 Å². The van der Waals surface area contributed by atoms with Crippen molar-refractivity contribution in [3.05, 3.63) is 17.7 Å². The van der Waals surface area contributed by atoms with E-state index in [1.807, 2.05) is 0 Å². The van der Waals surface area contributed by atoms with Crippen molar-refractivity contribution in [3.63, 3.8) is 0 Å². The molecule has 0 atom stereocenters. The van der Waals surface area contributed by atoms with Crippen LogP contribution in [0, 0.1) is 18.8 Å². The number of nitrogens with one attached hydrogen (secondary N) is 1. The van der Waals surface area contributed by atoms with E-state index in [4.69, 9.17) is 9.47 Å². The van der Waals surface area contributed by atoms with Crippen molar-refractivity contribution in [3.8, 4) is 5.75 Å². The number of ether oxygens (including phenoxy) is 2. The third-order valence-electron chi connectivity index (χ3n) is 6.76.